The van der Waals surface area contributed by atoms with E-state index in [1.807, 2.05) is 0 Å². The van der Waals surface area contributed by atoms with Crippen molar-refractivity contribution < 1.29 is 18.7 Å². The summed E-state index contributed by atoms with van der Waals surface area (Å²) >= 11 is 0. The van der Waals surface area contributed by atoms with Gasteiger partial charge in [-0.25, -0.2) is 9.37 Å². The van der Waals surface area contributed by atoms with E-state index in [1.54, 1.807) is 18.2 Å². The number of nitrogens with zero attached hydrogens (tertiary/aromatic N) is 1. The van der Waals surface area contributed by atoms with Gasteiger partial charge >= 0.3 is 5.97 Å². The monoisotopic (exact) mass is 312 g/mol. The van der Waals surface area contributed by atoms with E-state index in [0.29, 0.717) is 28.0 Å². The number of H-pyrrole nitrogens is 1. The third-order valence-electron chi connectivity index (χ3n) is 3.44. The van der Waals surface area contributed by atoms with Crippen molar-refractivity contribution in [3.05, 3.63) is 65.2 Å². The molecule has 3 rings (SSSR count). The first-order valence-corrected chi connectivity index (χ1v) is 6.92. The molecule has 0 saturated heterocycles. The van der Waals surface area contributed by atoms with E-state index in [0.717, 1.165) is 0 Å². The Labute approximate surface area is 131 Å². The third-order valence-corrected chi connectivity index (χ3v) is 3.44. The highest BCUT2D eigenvalue weighted by Gasteiger charge is 2.13. The molecule has 0 fully saturated rings. The first-order chi connectivity index (χ1) is 11.1. The number of carbonyl (C=O) groups excluding carboxylic acids is 2. The SMILES string of the molecule is COC(=O)Cc1nc2ccc(C(=O)c3ccc(F)cc3)cc2[nH]1. The Morgan fingerprint density at radius 1 is 1.13 bits per heavy atom. The van der Waals surface area contributed by atoms with E-state index in [9.17, 15) is 14.0 Å². The number of carbonyl (C=O) groups is 2. The van der Waals surface area contributed by atoms with Gasteiger partial charge in [0.15, 0.2) is 5.78 Å². The molecule has 23 heavy (non-hydrogen) atoms. The molecule has 0 spiro atoms. The number of halogens is 1. The highest BCUT2D eigenvalue weighted by atomic mass is 19.1. The van der Waals surface area contributed by atoms with Crippen LogP contribution in [0.15, 0.2) is 42.5 Å². The fourth-order valence-electron chi connectivity index (χ4n) is 2.26. The predicted octanol–water partition coefficient (Wildman–Crippen LogP) is 2.65. The lowest BCUT2D eigenvalue weighted by Crippen LogP contribution is -2.05. The minimum atomic E-state index is -0.397. The van der Waals surface area contributed by atoms with Gasteiger partial charge in [-0.3, -0.25) is 9.59 Å². The number of hydrogen-bond acceptors (Lipinski definition) is 4. The molecule has 3 aromatic rings. The minimum Gasteiger partial charge on any atom is -0.469 e. The Bertz CT molecular complexity index is 884. The number of ether oxygens (including phenoxy) is 1. The summed E-state index contributed by atoms with van der Waals surface area (Å²) in [6.07, 6.45) is 0.0341. The fourth-order valence-corrected chi connectivity index (χ4v) is 2.26. The maximum Gasteiger partial charge on any atom is 0.313 e. The van der Waals surface area contributed by atoms with Crippen molar-refractivity contribution >= 4 is 22.8 Å². The van der Waals surface area contributed by atoms with Crippen LogP contribution in [0.3, 0.4) is 0 Å². The topological polar surface area (TPSA) is 72.0 Å². The molecule has 1 heterocycles. The number of rotatable bonds is 4. The summed E-state index contributed by atoms with van der Waals surface area (Å²) in [5, 5.41) is 0. The first-order valence-electron chi connectivity index (χ1n) is 6.92. The number of methoxy groups -OCH3 is 1. The van der Waals surface area contributed by atoms with Crippen molar-refractivity contribution in [2.45, 2.75) is 6.42 Å². The second-order valence-electron chi connectivity index (χ2n) is 5.00. The molecule has 0 aliphatic heterocycles. The van der Waals surface area contributed by atoms with Gasteiger partial charge in [0, 0.05) is 11.1 Å². The van der Waals surface area contributed by atoms with Crippen molar-refractivity contribution in [1.82, 2.24) is 9.97 Å². The number of benzene rings is 2. The Morgan fingerprint density at radius 2 is 1.83 bits per heavy atom. The number of imidazole rings is 1. The summed E-state index contributed by atoms with van der Waals surface area (Å²) in [4.78, 5) is 30.9. The molecular formula is C17H13FN2O3. The largest absolute Gasteiger partial charge is 0.469 e. The van der Waals surface area contributed by atoms with Gasteiger partial charge in [-0.1, -0.05) is 0 Å². The van der Waals surface area contributed by atoms with Gasteiger partial charge in [0.1, 0.15) is 18.1 Å². The summed E-state index contributed by atoms with van der Waals surface area (Å²) in [6, 6.07) is 10.4. The van der Waals surface area contributed by atoms with Gasteiger partial charge < -0.3 is 9.72 Å². The molecule has 0 amide bonds. The zero-order chi connectivity index (χ0) is 16.4. The van der Waals surface area contributed by atoms with Crippen LogP contribution >= 0.6 is 0 Å². The van der Waals surface area contributed by atoms with E-state index in [1.165, 1.54) is 31.4 Å². The quantitative estimate of drug-likeness (QED) is 0.594. The van der Waals surface area contributed by atoms with Crippen molar-refractivity contribution in [1.29, 1.82) is 0 Å². The maximum atomic E-state index is 12.9. The summed E-state index contributed by atoms with van der Waals surface area (Å²) < 4.78 is 17.5. The highest BCUT2D eigenvalue weighted by molar-refractivity contribution is 6.10. The summed E-state index contributed by atoms with van der Waals surface area (Å²) in [7, 11) is 1.31. The van der Waals surface area contributed by atoms with Crippen LogP contribution in [0.2, 0.25) is 0 Å². The van der Waals surface area contributed by atoms with Crippen LogP contribution in [0, 0.1) is 5.82 Å². The van der Waals surface area contributed by atoms with Crippen LogP contribution < -0.4 is 0 Å². The smallest absolute Gasteiger partial charge is 0.313 e. The molecule has 2 aromatic carbocycles. The van der Waals surface area contributed by atoms with E-state index in [2.05, 4.69) is 14.7 Å². The predicted molar refractivity (Wildman–Crippen MR) is 81.6 cm³/mol. The zero-order valence-corrected chi connectivity index (χ0v) is 12.3. The van der Waals surface area contributed by atoms with E-state index < -0.39 is 11.8 Å². The molecule has 1 aromatic heterocycles. The van der Waals surface area contributed by atoms with Crippen LogP contribution in [0.5, 0.6) is 0 Å². The Hall–Kier alpha value is -3.02. The number of nitrogens with one attached hydrogen (secondary N) is 1. The molecule has 0 aliphatic rings. The van der Waals surface area contributed by atoms with Crippen LogP contribution in [0.4, 0.5) is 4.39 Å². The molecular weight excluding hydrogens is 299 g/mol. The molecule has 0 radical (unpaired) electrons. The van der Waals surface area contributed by atoms with Crippen molar-refractivity contribution in [2.75, 3.05) is 7.11 Å². The lowest BCUT2D eigenvalue weighted by Gasteiger charge is -2.01. The van der Waals surface area contributed by atoms with Crippen molar-refractivity contribution in [3.63, 3.8) is 0 Å². The number of aromatic amines is 1. The zero-order valence-electron chi connectivity index (χ0n) is 12.3. The van der Waals surface area contributed by atoms with Gasteiger partial charge in [0.25, 0.3) is 0 Å². The molecule has 0 atom stereocenters. The van der Waals surface area contributed by atoms with Crippen LogP contribution in [0.25, 0.3) is 11.0 Å². The first kappa shape index (κ1) is 14.9. The molecule has 6 heteroatoms. The minimum absolute atomic E-state index is 0.0341. The van der Waals surface area contributed by atoms with E-state index in [-0.39, 0.29) is 12.2 Å². The van der Waals surface area contributed by atoms with Crippen LogP contribution in [-0.4, -0.2) is 28.8 Å². The number of fused-ring (bicyclic) bond motifs is 1. The van der Waals surface area contributed by atoms with Crippen molar-refractivity contribution in [2.24, 2.45) is 0 Å². The Kier molecular flexibility index (Phi) is 3.89. The summed E-state index contributed by atoms with van der Waals surface area (Å²) in [6.45, 7) is 0. The fraction of sp³-hybridized carbons (Fsp3) is 0.118. The van der Waals surface area contributed by atoms with E-state index >= 15 is 0 Å². The average Bonchev–Trinajstić information content (AvgIpc) is 2.96. The van der Waals surface area contributed by atoms with E-state index in [4.69, 9.17) is 0 Å². The normalized spacial score (nSPS) is 10.7. The van der Waals surface area contributed by atoms with Gasteiger partial charge in [0.05, 0.1) is 18.1 Å². The standard InChI is InChI=1S/C17H13FN2O3/c1-23-16(21)9-15-19-13-7-4-11(8-14(13)20-15)17(22)10-2-5-12(18)6-3-10/h2-8H,9H2,1H3,(H,19,20). The lowest BCUT2D eigenvalue weighted by atomic mass is 10.0. The van der Waals surface area contributed by atoms with Crippen LogP contribution in [-0.2, 0) is 16.0 Å². The second kappa shape index (κ2) is 6.00. The Balaban J connectivity index is 1.91. The number of hydrogen-bond donors (Lipinski definition) is 1. The second-order valence-corrected chi connectivity index (χ2v) is 5.00. The molecule has 0 bridgehead atoms. The van der Waals surface area contributed by atoms with Gasteiger partial charge in [-0.2, -0.15) is 0 Å². The molecule has 1 N–H and O–H groups in total. The molecule has 5 nitrogen and oxygen atoms in total. The molecule has 0 unspecified atom stereocenters. The highest BCUT2D eigenvalue weighted by Crippen LogP contribution is 2.17. The summed E-state index contributed by atoms with van der Waals surface area (Å²) in [5.41, 5.74) is 2.16. The maximum absolute atomic E-state index is 12.9. The molecule has 0 aliphatic carbocycles. The van der Waals surface area contributed by atoms with Gasteiger partial charge in [-0.05, 0) is 42.5 Å². The van der Waals surface area contributed by atoms with Gasteiger partial charge in [-0.15, -0.1) is 0 Å². The van der Waals surface area contributed by atoms with Gasteiger partial charge in [0.2, 0.25) is 0 Å². The average molecular weight is 312 g/mol. The number of esters is 1. The molecule has 116 valence electrons. The molecule has 0 saturated carbocycles. The number of aromatic nitrogens is 2. The van der Waals surface area contributed by atoms with Crippen molar-refractivity contribution in [3.8, 4) is 0 Å². The lowest BCUT2D eigenvalue weighted by molar-refractivity contribution is -0.139. The van der Waals surface area contributed by atoms with Crippen LogP contribution in [0.1, 0.15) is 21.7 Å². The Morgan fingerprint density at radius 3 is 2.52 bits per heavy atom. The third kappa shape index (κ3) is 3.11. The summed E-state index contributed by atoms with van der Waals surface area (Å²) in [5.74, 6) is -0.529. The number of ketones is 1.